The first-order valence-corrected chi connectivity index (χ1v) is 6.64. The number of alkyl halides is 3. The highest BCUT2D eigenvalue weighted by molar-refractivity contribution is 5.80. The maximum atomic E-state index is 13.3. The average molecular weight is 304 g/mol. The summed E-state index contributed by atoms with van der Waals surface area (Å²) in [5.74, 6) is -3.51. The Morgan fingerprint density at radius 1 is 1.43 bits per heavy atom. The largest absolute Gasteiger partial charge is 0.400 e. The topological polar surface area (TPSA) is 32.3 Å². The monoisotopic (exact) mass is 304 g/mol. The lowest BCUT2D eigenvalue weighted by Gasteiger charge is -2.38. The quantitative estimate of drug-likeness (QED) is 0.852. The lowest BCUT2D eigenvalue weighted by molar-refractivity contribution is -0.187. The highest BCUT2D eigenvalue weighted by Gasteiger charge is 2.44. The van der Waals surface area contributed by atoms with Crippen molar-refractivity contribution in [3.63, 3.8) is 0 Å². The molecule has 1 aromatic carbocycles. The van der Waals surface area contributed by atoms with Crippen LogP contribution < -0.4 is 5.32 Å². The molecule has 1 amide bonds. The molecule has 0 bridgehead atoms. The van der Waals surface area contributed by atoms with Gasteiger partial charge in [-0.3, -0.25) is 4.79 Å². The van der Waals surface area contributed by atoms with Crippen molar-refractivity contribution in [2.24, 2.45) is 5.92 Å². The van der Waals surface area contributed by atoms with Crippen molar-refractivity contribution >= 4 is 5.91 Å². The zero-order chi connectivity index (χ0) is 15.6. The molecule has 2 atom stereocenters. The summed E-state index contributed by atoms with van der Waals surface area (Å²) in [5, 5.41) is 3.02. The van der Waals surface area contributed by atoms with Crippen molar-refractivity contribution in [3.8, 4) is 0 Å². The minimum atomic E-state index is -4.57. The molecule has 3 nitrogen and oxygen atoms in total. The lowest BCUT2D eigenvalue weighted by atomic mass is 10.0. The second-order valence-electron chi connectivity index (χ2n) is 5.07. The van der Waals surface area contributed by atoms with Crippen molar-refractivity contribution in [1.29, 1.82) is 0 Å². The maximum Gasteiger partial charge on any atom is 0.400 e. The fraction of sp³-hybridized carbons (Fsp3) is 0.500. The molecule has 1 aromatic rings. The van der Waals surface area contributed by atoms with E-state index in [1.54, 1.807) is 6.07 Å². The molecule has 0 radical (unpaired) electrons. The van der Waals surface area contributed by atoms with Gasteiger partial charge in [-0.15, -0.1) is 0 Å². The number of halogens is 4. The number of benzene rings is 1. The zero-order valence-corrected chi connectivity index (χ0v) is 11.5. The number of rotatable bonds is 2. The van der Waals surface area contributed by atoms with Gasteiger partial charge in [-0.05, 0) is 24.6 Å². The molecule has 0 saturated carbocycles. The maximum absolute atomic E-state index is 13.3. The van der Waals surface area contributed by atoms with Gasteiger partial charge in [0.25, 0.3) is 0 Å². The third-order valence-corrected chi connectivity index (χ3v) is 3.62. The van der Waals surface area contributed by atoms with E-state index in [2.05, 4.69) is 5.32 Å². The Kier molecular flexibility index (Phi) is 4.51. The van der Waals surface area contributed by atoms with E-state index in [9.17, 15) is 22.4 Å². The first-order valence-electron chi connectivity index (χ1n) is 6.64. The number of hydrogen-bond acceptors (Lipinski definition) is 2. The van der Waals surface area contributed by atoms with E-state index in [1.807, 2.05) is 0 Å². The molecule has 1 saturated heterocycles. The molecule has 1 fully saturated rings. The van der Waals surface area contributed by atoms with Gasteiger partial charge in [-0.2, -0.15) is 13.2 Å². The Morgan fingerprint density at radius 2 is 2.14 bits per heavy atom. The van der Waals surface area contributed by atoms with Crippen LogP contribution in [0.25, 0.3) is 0 Å². The van der Waals surface area contributed by atoms with Crippen molar-refractivity contribution in [3.05, 3.63) is 35.6 Å². The first-order chi connectivity index (χ1) is 9.80. The van der Waals surface area contributed by atoms with Gasteiger partial charge < -0.3 is 10.2 Å². The van der Waals surface area contributed by atoms with Crippen LogP contribution >= 0.6 is 0 Å². The molecular formula is C14H16F4N2O. The molecule has 1 N–H and O–H groups in total. The summed E-state index contributed by atoms with van der Waals surface area (Å²) in [6.07, 6.45) is -4.57. The molecule has 7 heteroatoms. The molecule has 2 rings (SSSR count). The van der Waals surface area contributed by atoms with E-state index in [-0.39, 0.29) is 6.54 Å². The minimum Gasteiger partial charge on any atom is -0.333 e. The van der Waals surface area contributed by atoms with Gasteiger partial charge in [0.1, 0.15) is 11.7 Å². The van der Waals surface area contributed by atoms with Gasteiger partial charge in [-0.1, -0.05) is 12.1 Å². The van der Waals surface area contributed by atoms with Gasteiger partial charge in [-0.25, -0.2) is 4.39 Å². The van der Waals surface area contributed by atoms with E-state index >= 15 is 0 Å². The summed E-state index contributed by atoms with van der Waals surface area (Å²) < 4.78 is 51.5. The zero-order valence-electron chi connectivity index (χ0n) is 11.5. The molecular weight excluding hydrogens is 288 g/mol. The summed E-state index contributed by atoms with van der Waals surface area (Å²) in [4.78, 5) is 13.3. The number of carbonyl (C=O) groups is 1. The molecule has 116 valence electrons. The third-order valence-electron chi connectivity index (χ3n) is 3.62. The second kappa shape index (κ2) is 6.01. The molecule has 0 aliphatic carbocycles. The molecule has 1 aliphatic heterocycles. The van der Waals surface area contributed by atoms with E-state index in [4.69, 9.17) is 0 Å². The summed E-state index contributed by atoms with van der Waals surface area (Å²) in [5.41, 5.74) is 0.491. The predicted molar refractivity (Wildman–Crippen MR) is 68.9 cm³/mol. The smallest absolute Gasteiger partial charge is 0.333 e. The van der Waals surface area contributed by atoms with Crippen LogP contribution in [0.4, 0.5) is 17.6 Å². The van der Waals surface area contributed by atoms with Crippen LogP contribution in [0.3, 0.4) is 0 Å². The average Bonchev–Trinajstić information content (AvgIpc) is 2.45. The summed E-state index contributed by atoms with van der Waals surface area (Å²) in [6, 6.07) is 5.00. The van der Waals surface area contributed by atoms with Crippen LogP contribution in [0, 0.1) is 11.7 Å². The molecule has 1 heterocycles. The Labute approximate surface area is 119 Å². The number of nitrogens with zero attached hydrogens (tertiary/aromatic N) is 1. The van der Waals surface area contributed by atoms with Gasteiger partial charge in [0.15, 0.2) is 0 Å². The van der Waals surface area contributed by atoms with Crippen LogP contribution in [0.2, 0.25) is 0 Å². The van der Waals surface area contributed by atoms with E-state index in [1.165, 1.54) is 23.1 Å². The van der Waals surface area contributed by atoms with Crippen LogP contribution in [0.1, 0.15) is 18.5 Å². The van der Waals surface area contributed by atoms with Crippen molar-refractivity contribution in [1.82, 2.24) is 10.2 Å². The lowest BCUT2D eigenvalue weighted by Crippen LogP contribution is -2.52. The fourth-order valence-electron chi connectivity index (χ4n) is 2.37. The Morgan fingerprint density at radius 3 is 2.76 bits per heavy atom. The van der Waals surface area contributed by atoms with Crippen LogP contribution in [-0.4, -0.2) is 36.6 Å². The number of carbonyl (C=O) groups excluding carboxylic acids is 1. The van der Waals surface area contributed by atoms with Crippen molar-refractivity contribution in [2.45, 2.75) is 19.1 Å². The van der Waals surface area contributed by atoms with Gasteiger partial charge in [0.05, 0.1) is 6.04 Å². The van der Waals surface area contributed by atoms with E-state index in [0.29, 0.717) is 18.7 Å². The normalized spacial score (nSPS) is 21.2. The Balaban J connectivity index is 2.25. The fourth-order valence-corrected chi connectivity index (χ4v) is 2.37. The molecule has 1 aliphatic rings. The summed E-state index contributed by atoms with van der Waals surface area (Å²) in [7, 11) is 0. The highest BCUT2D eigenvalue weighted by atomic mass is 19.4. The van der Waals surface area contributed by atoms with Crippen LogP contribution in [0.5, 0.6) is 0 Å². The first kappa shape index (κ1) is 15.8. The van der Waals surface area contributed by atoms with Crippen LogP contribution in [0.15, 0.2) is 24.3 Å². The Hall–Kier alpha value is -1.63. The van der Waals surface area contributed by atoms with E-state index in [0.717, 1.165) is 6.92 Å². The third kappa shape index (κ3) is 3.53. The summed E-state index contributed by atoms with van der Waals surface area (Å²) in [6.45, 7) is 1.75. The van der Waals surface area contributed by atoms with Gasteiger partial charge >= 0.3 is 6.18 Å². The van der Waals surface area contributed by atoms with Crippen LogP contribution in [-0.2, 0) is 4.79 Å². The number of hydrogen-bond donors (Lipinski definition) is 1. The molecule has 21 heavy (non-hydrogen) atoms. The van der Waals surface area contributed by atoms with Crippen molar-refractivity contribution in [2.75, 3.05) is 19.6 Å². The number of piperazine rings is 1. The van der Waals surface area contributed by atoms with Gasteiger partial charge in [0.2, 0.25) is 5.91 Å². The predicted octanol–water partition coefficient (Wildman–Crippen LogP) is 2.50. The molecule has 0 aromatic heterocycles. The summed E-state index contributed by atoms with van der Waals surface area (Å²) >= 11 is 0. The standard InChI is InChI=1S/C14H16F4N2O/c1-9(14(16,17)18)13(21)20-6-5-19-8-12(20)10-3-2-4-11(15)7-10/h2-4,7,9,12,19H,5-6,8H2,1H3. The number of nitrogens with one attached hydrogen (secondary N) is 1. The second-order valence-corrected chi connectivity index (χ2v) is 5.07. The molecule has 0 spiro atoms. The number of amides is 1. The van der Waals surface area contributed by atoms with Gasteiger partial charge in [0, 0.05) is 19.6 Å². The van der Waals surface area contributed by atoms with E-state index < -0.39 is 29.9 Å². The highest BCUT2D eigenvalue weighted by Crippen LogP contribution is 2.31. The Bertz CT molecular complexity index is 518. The minimum absolute atomic E-state index is 0.167. The SMILES string of the molecule is CC(C(=O)N1CCNCC1c1cccc(F)c1)C(F)(F)F. The van der Waals surface area contributed by atoms with Crippen molar-refractivity contribution < 1.29 is 22.4 Å². The molecule has 2 unspecified atom stereocenters.